The summed E-state index contributed by atoms with van der Waals surface area (Å²) in [6.45, 7) is 2.87. The smallest absolute Gasteiger partial charge is 0.345 e. The van der Waals surface area contributed by atoms with Crippen molar-refractivity contribution in [2.45, 2.75) is 33.0 Å². The van der Waals surface area contributed by atoms with Crippen molar-refractivity contribution in [3.05, 3.63) is 0 Å². The molecule has 0 bridgehead atoms. The summed E-state index contributed by atoms with van der Waals surface area (Å²) in [5, 5.41) is 0. The van der Waals surface area contributed by atoms with Gasteiger partial charge in [0.2, 0.25) is 0 Å². The molecule has 0 aliphatic carbocycles. The van der Waals surface area contributed by atoms with Crippen LogP contribution in [0.15, 0.2) is 0 Å². The van der Waals surface area contributed by atoms with Crippen molar-refractivity contribution in [3.63, 3.8) is 0 Å². The predicted octanol–water partition coefficient (Wildman–Crippen LogP) is 2.22. The number of likely N-dealkylation sites (N-methyl/N-ethyl adjacent to an activating group) is 1. The number of methoxy groups -OCH3 is 1. The lowest BCUT2D eigenvalue weighted by molar-refractivity contribution is -0.158. The Morgan fingerprint density at radius 1 is 1.27 bits per heavy atom. The van der Waals surface area contributed by atoms with E-state index in [9.17, 15) is 8.78 Å². The molecule has 0 radical (unpaired) electrons. The fourth-order valence-corrected chi connectivity index (χ4v) is 1.15. The van der Waals surface area contributed by atoms with Crippen molar-refractivity contribution in [2.24, 2.45) is 0 Å². The third-order valence-electron chi connectivity index (χ3n) is 1.64. The molecule has 15 heavy (non-hydrogen) atoms. The molecule has 3 nitrogen and oxygen atoms in total. The number of rotatable bonds is 2. The van der Waals surface area contributed by atoms with Crippen molar-refractivity contribution in [1.82, 2.24) is 4.90 Å². The fraction of sp³-hybridized carbons (Fsp3) is 1.00. The van der Waals surface area contributed by atoms with E-state index in [1.54, 1.807) is 14.2 Å². The van der Waals surface area contributed by atoms with Gasteiger partial charge >= 0.3 is 6.61 Å². The van der Waals surface area contributed by atoms with Gasteiger partial charge in [0.15, 0.2) is 0 Å². The van der Waals surface area contributed by atoms with Gasteiger partial charge in [0.1, 0.15) is 0 Å². The Hall–Kier alpha value is -0.260. The molecule has 1 atom stereocenters. The fourth-order valence-electron chi connectivity index (χ4n) is 1.15. The van der Waals surface area contributed by atoms with E-state index >= 15 is 0 Å². The molecule has 5 heteroatoms. The molecule has 0 spiro atoms. The van der Waals surface area contributed by atoms with Gasteiger partial charge < -0.3 is 14.4 Å². The molecule has 1 heterocycles. The molecule has 0 aromatic heterocycles. The van der Waals surface area contributed by atoms with Gasteiger partial charge in [-0.2, -0.15) is 8.78 Å². The van der Waals surface area contributed by atoms with Crippen LogP contribution in [-0.4, -0.2) is 52.0 Å². The lowest BCUT2D eigenvalue weighted by Gasteiger charge is -2.09. The zero-order valence-corrected chi connectivity index (χ0v) is 10.3. The highest BCUT2D eigenvalue weighted by atomic mass is 19.3. The summed E-state index contributed by atoms with van der Waals surface area (Å²) < 4.78 is 31.7. The van der Waals surface area contributed by atoms with Gasteiger partial charge in [0.05, 0.1) is 6.10 Å². The Kier molecular flexibility index (Phi) is 13.5. The molecule has 1 saturated heterocycles. The second-order valence-electron chi connectivity index (χ2n) is 2.98. The lowest BCUT2D eigenvalue weighted by atomic mass is 10.3. The summed E-state index contributed by atoms with van der Waals surface area (Å²) >= 11 is 0. The van der Waals surface area contributed by atoms with Gasteiger partial charge in [-0.25, -0.2) is 0 Å². The number of hydrogen-bond donors (Lipinski definition) is 0. The number of alkyl halides is 2. The third kappa shape index (κ3) is 11.7. The van der Waals surface area contributed by atoms with Crippen LogP contribution in [0, 0.1) is 0 Å². The van der Waals surface area contributed by atoms with Crippen LogP contribution in [0.5, 0.6) is 0 Å². The average Bonchev–Trinajstić information content (AvgIpc) is 2.55. The van der Waals surface area contributed by atoms with Gasteiger partial charge in [-0.15, -0.1) is 0 Å². The molecule has 1 rings (SSSR count). The van der Waals surface area contributed by atoms with Crippen LogP contribution in [0.3, 0.4) is 0 Å². The van der Waals surface area contributed by atoms with E-state index in [0.717, 1.165) is 13.0 Å². The average molecular weight is 227 g/mol. The zero-order valence-electron chi connectivity index (χ0n) is 10.3. The third-order valence-corrected chi connectivity index (χ3v) is 1.64. The normalized spacial score (nSPS) is 20.4. The lowest BCUT2D eigenvalue weighted by Crippen LogP contribution is -2.20. The van der Waals surface area contributed by atoms with Crippen LogP contribution in [0.2, 0.25) is 0 Å². The van der Waals surface area contributed by atoms with Crippen molar-refractivity contribution < 1.29 is 18.3 Å². The summed E-state index contributed by atoms with van der Waals surface area (Å²) in [7, 11) is 5.15. The quantitative estimate of drug-likeness (QED) is 0.722. The highest BCUT2D eigenvalue weighted by Crippen LogP contribution is 2.13. The highest BCUT2D eigenvalue weighted by molar-refractivity contribution is 4.72. The molecule has 1 fully saturated rings. The monoisotopic (exact) mass is 227 g/mol. The second-order valence-corrected chi connectivity index (χ2v) is 2.98. The van der Waals surface area contributed by atoms with Crippen LogP contribution in [0.25, 0.3) is 0 Å². The van der Waals surface area contributed by atoms with Gasteiger partial charge in [-0.1, -0.05) is 13.8 Å². The maximum Gasteiger partial charge on any atom is 0.345 e. The molecule has 0 N–H and O–H groups in total. The largest absolute Gasteiger partial charge is 0.388 e. The Balaban J connectivity index is 0. The standard InChI is InChI=1S/C6H11F2NO.C2H6O.C2H6/c1-9-3-2-5(4-9)10-6(7)8;1-3-2;1-2/h5-6H,2-4H2,1H3;1-2H3;1-2H3. The Labute approximate surface area is 91.3 Å². The number of hydrogen-bond acceptors (Lipinski definition) is 3. The minimum atomic E-state index is -2.61. The molecule has 1 aliphatic heterocycles. The van der Waals surface area contributed by atoms with E-state index in [0.29, 0.717) is 6.54 Å². The molecule has 0 aromatic carbocycles. The van der Waals surface area contributed by atoms with Crippen molar-refractivity contribution >= 4 is 0 Å². The van der Waals surface area contributed by atoms with E-state index in [1.165, 1.54) is 0 Å². The van der Waals surface area contributed by atoms with Gasteiger partial charge in [0.25, 0.3) is 0 Å². The molecule has 0 aromatic rings. The first-order valence-corrected chi connectivity index (χ1v) is 5.12. The Morgan fingerprint density at radius 2 is 1.73 bits per heavy atom. The SMILES string of the molecule is CC.CN1CCC(OC(F)F)C1.COC. The molecule has 1 unspecified atom stereocenters. The summed E-state index contributed by atoms with van der Waals surface area (Å²) in [4.78, 5) is 1.98. The number of nitrogens with zero attached hydrogens (tertiary/aromatic N) is 1. The van der Waals surface area contributed by atoms with E-state index in [2.05, 4.69) is 9.47 Å². The predicted molar refractivity (Wildman–Crippen MR) is 57.3 cm³/mol. The van der Waals surface area contributed by atoms with E-state index in [1.807, 2.05) is 25.8 Å². The zero-order chi connectivity index (χ0) is 12.3. The van der Waals surface area contributed by atoms with Crippen LogP contribution in [-0.2, 0) is 9.47 Å². The number of ether oxygens (including phenoxy) is 2. The summed E-state index contributed by atoms with van der Waals surface area (Å²) in [5.41, 5.74) is 0. The van der Waals surface area contributed by atoms with Gasteiger partial charge in [-0.05, 0) is 13.5 Å². The summed E-state index contributed by atoms with van der Waals surface area (Å²) in [6, 6.07) is 0. The maximum atomic E-state index is 11.6. The van der Waals surface area contributed by atoms with Crippen LogP contribution >= 0.6 is 0 Å². The van der Waals surface area contributed by atoms with Crippen LogP contribution in [0.1, 0.15) is 20.3 Å². The minimum Gasteiger partial charge on any atom is -0.388 e. The molecular formula is C10H23F2NO2. The molecule has 94 valence electrons. The topological polar surface area (TPSA) is 21.7 Å². The van der Waals surface area contributed by atoms with Crippen molar-refractivity contribution in [1.29, 1.82) is 0 Å². The van der Waals surface area contributed by atoms with Crippen molar-refractivity contribution in [2.75, 3.05) is 34.4 Å². The van der Waals surface area contributed by atoms with Crippen molar-refractivity contribution in [3.8, 4) is 0 Å². The molecular weight excluding hydrogens is 204 g/mol. The number of likely N-dealkylation sites (tertiary alicyclic amines) is 1. The molecule has 1 aliphatic rings. The Bertz CT molecular complexity index is 126. The number of halogens is 2. The van der Waals surface area contributed by atoms with Gasteiger partial charge in [-0.3, -0.25) is 0 Å². The van der Waals surface area contributed by atoms with E-state index in [4.69, 9.17) is 0 Å². The van der Waals surface area contributed by atoms with Gasteiger partial charge in [0, 0.05) is 27.3 Å². The maximum absolute atomic E-state index is 11.6. The van der Waals surface area contributed by atoms with E-state index in [-0.39, 0.29) is 6.10 Å². The minimum absolute atomic E-state index is 0.259. The highest BCUT2D eigenvalue weighted by Gasteiger charge is 2.22. The first kappa shape index (κ1) is 17.1. The summed E-state index contributed by atoms with van der Waals surface area (Å²) in [5.74, 6) is 0. The molecule has 0 amide bonds. The Morgan fingerprint density at radius 3 is 2.00 bits per heavy atom. The first-order chi connectivity index (χ1) is 7.10. The van der Waals surface area contributed by atoms with Crippen LogP contribution in [0.4, 0.5) is 8.78 Å². The first-order valence-electron chi connectivity index (χ1n) is 5.12. The summed E-state index contributed by atoms with van der Waals surface area (Å²) in [6.07, 6.45) is 0.464. The van der Waals surface area contributed by atoms with E-state index < -0.39 is 6.61 Å². The molecule has 0 saturated carbocycles. The second kappa shape index (κ2) is 11.8. The van der Waals surface area contributed by atoms with Crippen LogP contribution < -0.4 is 0 Å².